The number of carbonyl (C=O) groups is 3. The molecule has 6 atom stereocenters. The first-order valence-electron chi connectivity index (χ1n) is 15.1. The minimum atomic E-state index is -1.25. The van der Waals surface area contributed by atoms with E-state index in [-0.39, 0.29) is 31.6 Å². The number of para-hydroxylation sites is 1. The topological polar surface area (TPSA) is 96.4 Å². The molecule has 0 aromatic heterocycles. The predicted octanol–water partition coefficient (Wildman–Crippen LogP) is 4.31. The molecule has 0 saturated carbocycles. The molecule has 2 bridgehead atoms. The van der Waals surface area contributed by atoms with Gasteiger partial charge in [0, 0.05) is 12.2 Å². The molecule has 2 amide bonds. The normalized spacial score (nSPS) is 28.0. The van der Waals surface area contributed by atoms with E-state index in [1.807, 2.05) is 69.3 Å². The number of carbonyl (C=O) groups excluding carboxylic acids is 3. The number of hydrogen-bond donors (Lipinski definition) is 1. The molecule has 8 heteroatoms. The van der Waals surface area contributed by atoms with Gasteiger partial charge in [-0.05, 0) is 56.2 Å². The van der Waals surface area contributed by atoms with Crippen molar-refractivity contribution >= 4 is 23.5 Å². The zero-order chi connectivity index (χ0) is 30.9. The van der Waals surface area contributed by atoms with E-state index in [1.165, 1.54) is 11.0 Å². The van der Waals surface area contributed by atoms with Crippen LogP contribution in [0.2, 0.25) is 0 Å². The molecule has 3 heterocycles. The second kappa shape index (κ2) is 12.1. The Bertz CT molecular complexity index is 1390. The summed E-state index contributed by atoms with van der Waals surface area (Å²) in [5.74, 6) is -2.98. The fourth-order valence-corrected chi connectivity index (χ4v) is 7.85. The molecule has 3 saturated heterocycles. The van der Waals surface area contributed by atoms with Gasteiger partial charge in [0.2, 0.25) is 5.91 Å². The molecule has 1 N–H and O–H groups in total. The van der Waals surface area contributed by atoms with Gasteiger partial charge in [-0.1, -0.05) is 74.2 Å². The number of aliphatic hydroxyl groups excluding tert-OH is 1. The standard InChI is InChI=1S/C35H42N2O6/c1-6-19-36(29-23(4)13-12-14-24(29)5)32(40)30-35-18-17-34(8-3,43-35)28(33(41)42-20-7-2)27(35)31(39)37(30)26(22-38)21-25-15-10-9-11-16-25/h6-7,9-16,26-28,30,38H,1-2,8,17-22H2,3-5H3/t26-,27+,28+,30?,34-,35?/m1/s1. The van der Waals surface area contributed by atoms with Crippen LogP contribution in [0.5, 0.6) is 0 Å². The molecular formula is C35H42N2O6. The molecule has 0 aliphatic carbocycles. The van der Waals surface area contributed by atoms with E-state index < -0.39 is 41.1 Å². The summed E-state index contributed by atoms with van der Waals surface area (Å²) >= 11 is 0. The number of esters is 1. The van der Waals surface area contributed by atoms with E-state index in [0.29, 0.717) is 25.7 Å². The molecule has 2 aromatic carbocycles. The van der Waals surface area contributed by atoms with E-state index in [1.54, 1.807) is 11.0 Å². The van der Waals surface area contributed by atoms with Crippen molar-refractivity contribution in [1.29, 1.82) is 0 Å². The third kappa shape index (κ3) is 4.90. The Balaban J connectivity index is 1.67. The summed E-state index contributed by atoms with van der Waals surface area (Å²) < 4.78 is 12.4. The van der Waals surface area contributed by atoms with Crippen LogP contribution in [0.4, 0.5) is 5.69 Å². The van der Waals surface area contributed by atoms with E-state index in [0.717, 1.165) is 22.4 Å². The average Bonchev–Trinajstić information content (AvgIpc) is 3.62. The summed E-state index contributed by atoms with van der Waals surface area (Å²) in [7, 11) is 0. The molecule has 3 aliphatic heterocycles. The van der Waals surface area contributed by atoms with E-state index in [9.17, 15) is 14.7 Å². The Labute approximate surface area is 254 Å². The van der Waals surface area contributed by atoms with Gasteiger partial charge in [-0.25, -0.2) is 0 Å². The van der Waals surface area contributed by atoms with Crippen molar-refractivity contribution in [3.63, 3.8) is 0 Å². The number of amides is 2. The number of likely N-dealkylation sites (tertiary alicyclic amines) is 1. The van der Waals surface area contributed by atoms with Crippen LogP contribution in [0.1, 0.15) is 42.9 Å². The van der Waals surface area contributed by atoms with Crippen LogP contribution in [0, 0.1) is 25.7 Å². The number of ether oxygens (including phenoxy) is 2. The lowest BCUT2D eigenvalue weighted by atomic mass is 9.65. The van der Waals surface area contributed by atoms with Crippen molar-refractivity contribution in [2.24, 2.45) is 11.8 Å². The van der Waals surface area contributed by atoms with Gasteiger partial charge in [0.05, 0.1) is 24.2 Å². The molecule has 3 aliphatic rings. The van der Waals surface area contributed by atoms with Crippen molar-refractivity contribution in [2.45, 2.75) is 69.7 Å². The zero-order valence-electron chi connectivity index (χ0n) is 25.3. The van der Waals surface area contributed by atoms with Crippen molar-refractivity contribution in [3.05, 3.63) is 90.5 Å². The quantitative estimate of drug-likeness (QED) is 0.294. The van der Waals surface area contributed by atoms with Crippen LogP contribution in [0.3, 0.4) is 0 Å². The van der Waals surface area contributed by atoms with Crippen LogP contribution in [0.15, 0.2) is 73.8 Å². The van der Waals surface area contributed by atoms with Gasteiger partial charge in [-0.15, -0.1) is 6.58 Å². The molecule has 8 nitrogen and oxygen atoms in total. The summed E-state index contributed by atoms with van der Waals surface area (Å²) in [5, 5.41) is 10.8. The lowest BCUT2D eigenvalue weighted by Crippen LogP contribution is -2.59. The number of hydrogen-bond acceptors (Lipinski definition) is 6. The van der Waals surface area contributed by atoms with E-state index >= 15 is 4.79 Å². The fourth-order valence-electron chi connectivity index (χ4n) is 7.85. The lowest BCUT2D eigenvalue weighted by Gasteiger charge is -2.40. The van der Waals surface area contributed by atoms with Crippen molar-refractivity contribution < 1.29 is 29.0 Å². The minimum absolute atomic E-state index is 0.0159. The number of aliphatic hydroxyl groups is 1. The third-order valence-electron chi connectivity index (χ3n) is 9.66. The molecule has 43 heavy (non-hydrogen) atoms. The number of aryl methyl sites for hydroxylation is 2. The number of nitrogens with zero attached hydrogens (tertiary/aromatic N) is 2. The van der Waals surface area contributed by atoms with Crippen LogP contribution < -0.4 is 4.90 Å². The first-order valence-corrected chi connectivity index (χ1v) is 15.1. The second-order valence-electron chi connectivity index (χ2n) is 12.0. The summed E-state index contributed by atoms with van der Waals surface area (Å²) in [4.78, 5) is 46.6. The van der Waals surface area contributed by atoms with E-state index in [4.69, 9.17) is 9.47 Å². The summed E-state index contributed by atoms with van der Waals surface area (Å²) in [6.07, 6.45) is 4.96. The maximum absolute atomic E-state index is 15.0. The fraction of sp³-hybridized carbons (Fsp3) is 0.457. The maximum atomic E-state index is 15.0. The first kappa shape index (κ1) is 30.7. The lowest BCUT2D eigenvalue weighted by molar-refractivity contribution is -0.161. The van der Waals surface area contributed by atoms with Crippen LogP contribution in [0.25, 0.3) is 0 Å². The number of benzene rings is 2. The Hall–Kier alpha value is -3.75. The summed E-state index contributed by atoms with van der Waals surface area (Å²) in [5.41, 5.74) is 1.33. The first-order chi connectivity index (χ1) is 20.7. The van der Waals surface area contributed by atoms with E-state index in [2.05, 4.69) is 13.2 Å². The molecule has 1 spiro atoms. The Morgan fingerprint density at radius 2 is 1.81 bits per heavy atom. The molecule has 228 valence electrons. The number of fused-ring (bicyclic) bond motifs is 1. The highest BCUT2D eigenvalue weighted by atomic mass is 16.6. The van der Waals surface area contributed by atoms with Crippen molar-refractivity contribution in [1.82, 2.24) is 4.90 Å². The van der Waals surface area contributed by atoms with Gasteiger partial charge in [-0.2, -0.15) is 0 Å². The summed E-state index contributed by atoms with van der Waals surface area (Å²) in [6, 6.07) is 13.7. The van der Waals surface area contributed by atoms with Crippen LogP contribution >= 0.6 is 0 Å². The Morgan fingerprint density at radius 3 is 2.42 bits per heavy atom. The van der Waals surface area contributed by atoms with Crippen molar-refractivity contribution in [2.75, 3.05) is 24.7 Å². The molecule has 2 unspecified atom stereocenters. The minimum Gasteiger partial charge on any atom is -0.461 e. The maximum Gasteiger partial charge on any atom is 0.313 e. The SMILES string of the molecule is C=CCOC(=O)[C@@H]1[C@H]2C(=O)N([C@@H](CO)Cc3ccccc3)C(C(=O)N(CC=C)c3c(C)cccc3C)C23CC[C@@]1(CC)O3. The Morgan fingerprint density at radius 1 is 1.12 bits per heavy atom. The smallest absolute Gasteiger partial charge is 0.313 e. The third-order valence-corrected chi connectivity index (χ3v) is 9.66. The Kier molecular flexibility index (Phi) is 8.63. The zero-order valence-corrected chi connectivity index (χ0v) is 25.3. The molecule has 3 fully saturated rings. The monoisotopic (exact) mass is 586 g/mol. The van der Waals surface area contributed by atoms with Gasteiger partial charge in [0.15, 0.2) is 0 Å². The van der Waals surface area contributed by atoms with Gasteiger partial charge >= 0.3 is 5.97 Å². The van der Waals surface area contributed by atoms with Gasteiger partial charge in [0.25, 0.3) is 5.91 Å². The predicted molar refractivity (Wildman–Crippen MR) is 164 cm³/mol. The molecule has 5 rings (SSSR count). The van der Waals surface area contributed by atoms with Crippen LogP contribution in [-0.4, -0.2) is 70.8 Å². The van der Waals surface area contributed by atoms with Crippen LogP contribution in [-0.2, 0) is 30.3 Å². The number of rotatable bonds is 12. The summed E-state index contributed by atoms with van der Waals surface area (Å²) in [6.45, 7) is 13.3. The number of anilines is 1. The average molecular weight is 587 g/mol. The van der Waals surface area contributed by atoms with Gasteiger partial charge < -0.3 is 24.4 Å². The largest absolute Gasteiger partial charge is 0.461 e. The highest BCUT2D eigenvalue weighted by Gasteiger charge is 2.79. The molecule has 2 aromatic rings. The van der Waals surface area contributed by atoms with Crippen molar-refractivity contribution in [3.8, 4) is 0 Å². The van der Waals surface area contributed by atoms with Gasteiger partial charge in [-0.3, -0.25) is 14.4 Å². The second-order valence-corrected chi connectivity index (χ2v) is 12.0. The highest BCUT2D eigenvalue weighted by molar-refractivity contribution is 6.05. The highest BCUT2D eigenvalue weighted by Crippen LogP contribution is 2.65. The molecular weight excluding hydrogens is 544 g/mol. The van der Waals surface area contributed by atoms with Gasteiger partial charge in [0.1, 0.15) is 24.2 Å². The molecule has 0 radical (unpaired) electrons.